The van der Waals surface area contributed by atoms with Crippen LogP contribution in [0.5, 0.6) is 11.5 Å². The Labute approximate surface area is 266 Å². The van der Waals surface area contributed by atoms with Gasteiger partial charge in [-0.05, 0) is 41.0 Å². The van der Waals surface area contributed by atoms with Crippen molar-refractivity contribution in [2.45, 2.75) is 30.5 Å². The van der Waals surface area contributed by atoms with Crippen LogP contribution in [0.3, 0.4) is 0 Å². The van der Waals surface area contributed by atoms with Crippen molar-refractivity contribution in [1.82, 2.24) is 24.8 Å². The first-order chi connectivity index (χ1) is 22.5. The van der Waals surface area contributed by atoms with Crippen LogP contribution in [-0.2, 0) is 19.9 Å². The van der Waals surface area contributed by atoms with Gasteiger partial charge < -0.3 is 34.7 Å². The number of carbonyl (C=O) groups is 1. The number of hydrogen-bond acceptors (Lipinski definition) is 10. The minimum absolute atomic E-state index is 0.0408. The largest absolute Gasteiger partial charge is 0.497 e. The molecule has 3 aromatic carbocycles. The van der Waals surface area contributed by atoms with Crippen molar-refractivity contribution in [2.75, 3.05) is 39.7 Å². The zero-order valence-electron chi connectivity index (χ0n) is 25.8. The Morgan fingerprint density at radius 3 is 2.17 bits per heavy atom. The van der Waals surface area contributed by atoms with Crippen molar-refractivity contribution in [3.63, 3.8) is 0 Å². The molecule has 0 aliphatic carbocycles. The molecule has 0 bridgehead atoms. The van der Waals surface area contributed by atoms with E-state index in [1.807, 2.05) is 78.9 Å². The van der Waals surface area contributed by atoms with Crippen molar-refractivity contribution >= 4 is 22.9 Å². The lowest BCUT2D eigenvalue weighted by Crippen LogP contribution is -2.38. The summed E-state index contributed by atoms with van der Waals surface area (Å²) in [5.41, 5.74) is 2.62. The minimum Gasteiger partial charge on any atom is -0.497 e. The van der Waals surface area contributed by atoms with Gasteiger partial charge in [0.2, 0.25) is 5.91 Å². The number of anilines is 1. The van der Waals surface area contributed by atoms with Gasteiger partial charge in [0.1, 0.15) is 35.8 Å². The van der Waals surface area contributed by atoms with Crippen LogP contribution in [0.15, 0.2) is 91.5 Å². The van der Waals surface area contributed by atoms with Crippen LogP contribution in [-0.4, -0.2) is 77.2 Å². The molecular weight excluding hydrogens is 588 g/mol. The van der Waals surface area contributed by atoms with E-state index in [1.54, 1.807) is 32.2 Å². The third-order valence-electron chi connectivity index (χ3n) is 8.21. The van der Waals surface area contributed by atoms with Gasteiger partial charge in [-0.3, -0.25) is 9.36 Å². The lowest BCUT2D eigenvalue weighted by molar-refractivity contribution is -0.118. The number of ether oxygens (including phenoxy) is 4. The maximum absolute atomic E-state index is 11.8. The number of carbonyl (C=O) groups excluding carboxylic acids is 1. The van der Waals surface area contributed by atoms with Gasteiger partial charge in [0.25, 0.3) is 0 Å². The highest BCUT2D eigenvalue weighted by Crippen LogP contribution is 2.43. The lowest BCUT2D eigenvalue weighted by atomic mass is 9.80. The van der Waals surface area contributed by atoms with Crippen molar-refractivity contribution in [1.29, 1.82) is 0 Å². The predicted octanol–water partition coefficient (Wildman–Crippen LogP) is 3.66. The molecule has 5 aromatic rings. The smallest absolute Gasteiger partial charge is 0.239 e. The molecule has 3 heterocycles. The normalized spacial score (nSPS) is 18.0. The van der Waals surface area contributed by atoms with E-state index in [2.05, 4.69) is 25.6 Å². The second-order valence-corrected chi connectivity index (χ2v) is 10.8. The molecule has 12 nitrogen and oxygen atoms in total. The maximum atomic E-state index is 11.8. The van der Waals surface area contributed by atoms with E-state index in [1.165, 1.54) is 6.33 Å². The van der Waals surface area contributed by atoms with Gasteiger partial charge in [-0.15, -0.1) is 0 Å². The molecule has 0 spiro atoms. The number of likely N-dealkylation sites (N-methyl/N-ethyl adjacent to an activating group) is 1. The Hall–Kier alpha value is -5.04. The van der Waals surface area contributed by atoms with Crippen LogP contribution in [0.2, 0.25) is 0 Å². The number of benzene rings is 3. The van der Waals surface area contributed by atoms with Crippen LogP contribution in [0.1, 0.15) is 29.3 Å². The second kappa shape index (κ2) is 13.5. The number of methoxy groups -OCH3 is 2. The fourth-order valence-electron chi connectivity index (χ4n) is 5.76. The first-order valence-corrected chi connectivity index (χ1v) is 14.9. The van der Waals surface area contributed by atoms with Crippen molar-refractivity contribution in [3.05, 3.63) is 108 Å². The van der Waals surface area contributed by atoms with E-state index in [0.29, 0.717) is 23.4 Å². The average Bonchev–Trinajstić information content (AvgIpc) is 3.71. The molecular formula is C34H36N6O6. The third kappa shape index (κ3) is 5.97. The summed E-state index contributed by atoms with van der Waals surface area (Å²) in [5, 5.41) is 16.8. The molecule has 3 atom stereocenters. The summed E-state index contributed by atoms with van der Waals surface area (Å²) >= 11 is 0. The summed E-state index contributed by atoms with van der Waals surface area (Å²) in [6.07, 6.45) is 1.27. The summed E-state index contributed by atoms with van der Waals surface area (Å²) in [6.45, 7) is 0.115. The first kappa shape index (κ1) is 31.0. The van der Waals surface area contributed by atoms with E-state index < -0.39 is 24.0 Å². The summed E-state index contributed by atoms with van der Waals surface area (Å²) in [7, 11) is 4.83. The third-order valence-corrected chi connectivity index (χ3v) is 8.21. The number of nitrogens with zero attached hydrogens (tertiary/aromatic N) is 4. The average molecular weight is 625 g/mol. The molecule has 12 heteroatoms. The molecule has 6 rings (SSSR count). The molecule has 46 heavy (non-hydrogen) atoms. The van der Waals surface area contributed by atoms with Crippen LogP contribution < -0.4 is 20.1 Å². The number of hydrogen-bond donors (Lipinski definition) is 3. The number of aliphatic hydroxyl groups excluding tert-OH is 1. The van der Waals surface area contributed by atoms with E-state index in [0.717, 1.165) is 28.2 Å². The Morgan fingerprint density at radius 1 is 0.935 bits per heavy atom. The summed E-state index contributed by atoms with van der Waals surface area (Å²) in [6, 6.07) is 25.5. The summed E-state index contributed by atoms with van der Waals surface area (Å²) in [5.74, 6) is 1.69. The van der Waals surface area contributed by atoms with Gasteiger partial charge >= 0.3 is 0 Å². The number of fused-ring (bicyclic) bond motifs is 1. The van der Waals surface area contributed by atoms with Gasteiger partial charge in [-0.1, -0.05) is 54.6 Å². The summed E-state index contributed by atoms with van der Waals surface area (Å²) < 4.78 is 26.0. The van der Waals surface area contributed by atoms with Crippen LogP contribution in [0, 0.1) is 0 Å². The minimum atomic E-state index is -1.05. The number of amides is 1. The van der Waals surface area contributed by atoms with Crippen LogP contribution in [0.25, 0.3) is 11.2 Å². The molecule has 1 fully saturated rings. The Morgan fingerprint density at radius 2 is 1.57 bits per heavy atom. The highest BCUT2D eigenvalue weighted by atomic mass is 16.6. The molecule has 238 valence electrons. The predicted molar refractivity (Wildman–Crippen MR) is 171 cm³/mol. The molecule has 1 amide bonds. The van der Waals surface area contributed by atoms with Gasteiger partial charge in [-0.25, -0.2) is 15.0 Å². The van der Waals surface area contributed by atoms with Crippen LogP contribution >= 0.6 is 0 Å². The number of nitrogens with one attached hydrogen (secondary N) is 2. The Bertz CT molecular complexity index is 1720. The topological polar surface area (TPSA) is 142 Å². The Balaban J connectivity index is 1.31. The van der Waals surface area contributed by atoms with Gasteiger partial charge in [0, 0.05) is 13.5 Å². The SMILES string of the molecule is CNC(=O)CNc1ncnc2c1ncn2[C@H]1C[C@H](O)[C@@H](COC(c2ccccc2)(c2ccc(OC)cc2)c2ccc(OC)cc2)O1. The molecule has 0 saturated carbocycles. The molecule has 3 N–H and O–H groups in total. The van der Waals surface area contributed by atoms with Crippen molar-refractivity contribution < 1.29 is 28.8 Å². The molecule has 0 radical (unpaired) electrons. The zero-order chi connectivity index (χ0) is 32.1. The van der Waals surface area contributed by atoms with Crippen molar-refractivity contribution in [3.8, 4) is 11.5 Å². The molecule has 1 aliphatic rings. The number of imidazole rings is 1. The van der Waals surface area contributed by atoms with E-state index >= 15 is 0 Å². The number of rotatable bonds is 12. The number of aromatic nitrogens is 4. The molecule has 2 aromatic heterocycles. The van der Waals surface area contributed by atoms with Gasteiger partial charge in [0.15, 0.2) is 17.0 Å². The second-order valence-electron chi connectivity index (χ2n) is 10.8. The fourth-order valence-corrected chi connectivity index (χ4v) is 5.76. The van der Waals surface area contributed by atoms with Gasteiger partial charge in [-0.2, -0.15) is 0 Å². The van der Waals surface area contributed by atoms with Crippen molar-refractivity contribution in [2.24, 2.45) is 0 Å². The Kier molecular flexibility index (Phi) is 9.11. The molecule has 0 unspecified atom stereocenters. The van der Waals surface area contributed by atoms with E-state index in [9.17, 15) is 9.90 Å². The zero-order valence-corrected chi connectivity index (χ0v) is 25.8. The highest BCUT2D eigenvalue weighted by molar-refractivity contribution is 5.86. The quantitative estimate of drug-likeness (QED) is 0.176. The first-order valence-electron chi connectivity index (χ1n) is 14.9. The summed E-state index contributed by atoms with van der Waals surface area (Å²) in [4.78, 5) is 24.9. The fraction of sp³-hybridized carbons (Fsp3) is 0.294. The number of aliphatic hydroxyl groups is 1. The standard InChI is InChI=1S/C34H36N6O6/c1-35-29(42)18-36-32-31-33(38-20-37-32)40(21-39-31)30-17-27(41)28(46-30)19-45-34(22-7-5-4-6-8-22,23-9-13-25(43-2)14-10-23)24-11-15-26(44-3)16-12-24/h4-16,20-21,27-28,30,41H,17-19H2,1-3H3,(H,35,42)(H,36,37,38)/t27-,28+,30+/m0/s1. The van der Waals surface area contributed by atoms with E-state index in [-0.39, 0.29) is 19.1 Å². The highest BCUT2D eigenvalue weighted by Gasteiger charge is 2.42. The van der Waals surface area contributed by atoms with Gasteiger partial charge in [0.05, 0.1) is 39.8 Å². The maximum Gasteiger partial charge on any atom is 0.239 e. The lowest BCUT2D eigenvalue weighted by Gasteiger charge is -2.37. The molecule has 1 aliphatic heterocycles. The monoisotopic (exact) mass is 624 g/mol. The van der Waals surface area contributed by atoms with E-state index in [4.69, 9.17) is 18.9 Å². The molecule has 1 saturated heterocycles. The van der Waals surface area contributed by atoms with Crippen LogP contribution in [0.4, 0.5) is 5.82 Å².